The van der Waals surface area contributed by atoms with Crippen LogP contribution in [0.5, 0.6) is 5.75 Å². The number of benzene rings is 2. The second-order valence-electron chi connectivity index (χ2n) is 6.43. The molecule has 4 rings (SSSR count). The molecule has 0 saturated heterocycles. The van der Waals surface area contributed by atoms with Crippen LogP contribution in [0.25, 0.3) is 11.0 Å². The highest BCUT2D eigenvalue weighted by molar-refractivity contribution is 7.09. The first-order valence-corrected chi connectivity index (χ1v) is 9.99. The first-order chi connectivity index (χ1) is 13.7. The summed E-state index contributed by atoms with van der Waals surface area (Å²) in [6, 6.07) is 19.6. The predicted molar refractivity (Wildman–Crippen MR) is 113 cm³/mol. The highest BCUT2D eigenvalue weighted by Crippen LogP contribution is 2.24. The average Bonchev–Trinajstić information content (AvgIpc) is 3.40. The standard InChI is InChI=1S/C22H21N3O2S/c1-27-18-10-8-17(9-11-18)25(15-19-5-4-14-28-19)22(26)12-13-24-16-23-20-6-2-3-7-21(20)24/h2-11,14,16H,12-13,15H2,1H3. The van der Waals surface area contributed by atoms with Gasteiger partial charge in [0.1, 0.15) is 5.75 Å². The largest absolute Gasteiger partial charge is 0.497 e. The van der Waals surface area contributed by atoms with Crippen molar-refractivity contribution in [3.8, 4) is 5.75 Å². The van der Waals surface area contributed by atoms with E-state index in [1.807, 2.05) is 69.4 Å². The molecule has 0 aliphatic carbocycles. The van der Waals surface area contributed by atoms with Gasteiger partial charge >= 0.3 is 0 Å². The molecule has 0 unspecified atom stereocenters. The number of anilines is 1. The number of rotatable bonds is 7. The zero-order valence-electron chi connectivity index (χ0n) is 15.6. The highest BCUT2D eigenvalue weighted by Gasteiger charge is 2.17. The summed E-state index contributed by atoms with van der Waals surface area (Å²) in [4.78, 5) is 20.5. The number of para-hydroxylation sites is 2. The molecular formula is C22H21N3O2S. The number of aryl methyl sites for hydroxylation is 1. The molecule has 6 heteroatoms. The van der Waals surface area contributed by atoms with E-state index in [9.17, 15) is 4.79 Å². The van der Waals surface area contributed by atoms with E-state index in [0.717, 1.165) is 27.3 Å². The highest BCUT2D eigenvalue weighted by atomic mass is 32.1. The number of imidazole rings is 1. The Labute approximate surface area is 167 Å². The maximum Gasteiger partial charge on any atom is 0.229 e. The van der Waals surface area contributed by atoms with Gasteiger partial charge in [0, 0.05) is 23.5 Å². The van der Waals surface area contributed by atoms with Crippen LogP contribution in [-0.4, -0.2) is 22.6 Å². The van der Waals surface area contributed by atoms with Crippen molar-refractivity contribution in [2.75, 3.05) is 12.0 Å². The van der Waals surface area contributed by atoms with Crippen LogP contribution >= 0.6 is 11.3 Å². The van der Waals surface area contributed by atoms with E-state index < -0.39 is 0 Å². The Hall–Kier alpha value is -3.12. The Balaban J connectivity index is 1.53. The van der Waals surface area contributed by atoms with Gasteiger partial charge in [0.2, 0.25) is 5.91 Å². The van der Waals surface area contributed by atoms with Crippen LogP contribution < -0.4 is 9.64 Å². The van der Waals surface area contributed by atoms with E-state index >= 15 is 0 Å². The minimum Gasteiger partial charge on any atom is -0.497 e. The Morgan fingerprint density at radius 1 is 1.11 bits per heavy atom. The van der Waals surface area contributed by atoms with Crippen LogP contribution in [0.1, 0.15) is 11.3 Å². The molecular weight excluding hydrogens is 370 g/mol. The Morgan fingerprint density at radius 2 is 1.93 bits per heavy atom. The summed E-state index contributed by atoms with van der Waals surface area (Å²) in [6.07, 6.45) is 2.20. The van der Waals surface area contributed by atoms with Crippen molar-refractivity contribution in [1.29, 1.82) is 0 Å². The van der Waals surface area contributed by atoms with E-state index in [4.69, 9.17) is 4.74 Å². The molecule has 0 fully saturated rings. The average molecular weight is 391 g/mol. The van der Waals surface area contributed by atoms with Gasteiger partial charge < -0.3 is 14.2 Å². The third-order valence-corrected chi connectivity index (χ3v) is 5.53. The van der Waals surface area contributed by atoms with E-state index in [1.165, 1.54) is 0 Å². The zero-order valence-corrected chi connectivity index (χ0v) is 16.4. The topological polar surface area (TPSA) is 47.4 Å². The molecule has 5 nitrogen and oxygen atoms in total. The number of hydrogen-bond acceptors (Lipinski definition) is 4. The van der Waals surface area contributed by atoms with Gasteiger partial charge in [-0.25, -0.2) is 4.98 Å². The fourth-order valence-electron chi connectivity index (χ4n) is 3.18. The lowest BCUT2D eigenvalue weighted by Crippen LogP contribution is -2.30. The number of amides is 1. The van der Waals surface area contributed by atoms with E-state index in [1.54, 1.807) is 24.8 Å². The molecule has 0 aliphatic rings. The van der Waals surface area contributed by atoms with Gasteiger partial charge in [-0.05, 0) is 47.8 Å². The smallest absolute Gasteiger partial charge is 0.229 e. The van der Waals surface area contributed by atoms with Crippen molar-refractivity contribution < 1.29 is 9.53 Å². The van der Waals surface area contributed by atoms with Crippen LogP contribution in [0.15, 0.2) is 72.4 Å². The summed E-state index contributed by atoms with van der Waals surface area (Å²) < 4.78 is 7.27. The number of carbonyl (C=O) groups is 1. The lowest BCUT2D eigenvalue weighted by molar-refractivity contribution is -0.118. The Kier molecular flexibility index (Phi) is 5.39. The molecule has 2 aromatic heterocycles. The minimum atomic E-state index is 0.0800. The molecule has 0 N–H and O–H groups in total. The molecule has 4 aromatic rings. The summed E-state index contributed by atoms with van der Waals surface area (Å²) >= 11 is 1.65. The lowest BCUT2D eigenvalue weighted by atomic mass is 10.2. The number of fused-ring (bicyclic) bond motifs is 1. The van der Waals surface area contributed by atoms with Gasteiger partial charge in [-0.1, -0.05) is 18.2 Å². The molecule has 0 atom stereocenters. The molecule has 2 aromatic carbocycles. The summed E-state index contributed by atoms with van der Waals surface area (Å²) in [5, 5.41) is 2.03. The van der Waals surface area contributed by atoms with Gasteiger partial charge in [0.25, 0.3) is 0 Å². The zero-order chi connectivity index (χ0) is 19.3. The Bertz CT molecular complexity index is 1060. The van der Waals surface area contributed by atoms with Crippen LogP contribution in [0.3, 0.4) is 0 Å². The van der Waals surface area contributed by atoms with E-state index in [2.05, 4.69) is 11.1 Å². The molecule has 28 heavy (non-hydrogen) atoms. The van der Waals surface area contributed by atoms with Crippen LogP contribution in [0, 0.1) is 0 Å². The molecule has 0 radical (unpaired) electrons. The second-order valence-corrected chi connectivity index (χ2v) is 7.47. The van der Waals surface area contributed by atoms with Crippen molar-refractivity contribution in [2.24, 2.45) is 0 Å². The minimum absolute atomic E-state index is 0.0800. The number of thiophene rings is 1. The second kappa shape index (κ2) is 8.27. The van der Waals surface area contributed by atoms with Crippen molar-refractivity contribution in [2.45, 2.75) is 19.5 Å². The summed E-state index contributed by atoms with van der Waals surface area (Å²) in [5.41, 5.74) is 2.86. The van der Waals surface area contributed by atoms with Gasteiger partial charge in [-0.15, -0.1) is 11.3 Å². The van der Waals surface area contributed by atoms with Gasteiger partial charge in [0.05, 0.1) is 31.0 Å². The molecule has 1 amide bonds. The maximum atomic E-state index is 13.1. The van der Waals surface area contributed by atoms with Gasteiger partial charge in [-0.3, -0.25) is 4.79 Å². The molecule has 2 heterocycles. The quantitative estimate of drug-likeness (QED) is 0.458. The molecule has 0 bridgehead atoms. The molecule has 0 saturated carbocycles. The summed E-state index contributed by atoms with van der Waals surface area (Å²) in [5.74, 6) is 0.855. The number of carbonyl (C=O) groups excluding carboxylic acids is 1. The van der Waals surface area contributed by atoms with Gasteiger partial charge in [-0.2, -0.15) is 0 Å². The number of aromatic nitrogens is 2. The third-order valence-electron chi connectivity index (χ3n) is 4.67. The first-order valence-electron chi connectivity index (χ1n) is 9.11. The van der Waals surface area contributed by atoms with Crippen molar-refractivity contribution in [3.05, 3.63) is 77.2 Å². The fraction of sp³-hybridized carbons (Fsp3) is 0.182. The van der Waals surface area contributed by atoms with Gasteiger partial charge in [0.15, 0.2) is 0 Å². The van der Waals surface area contributed by atoms with E-state index in [0.29, 0.717) is 19.5 Å². The van der Waals surface area contributed by atoms with Crippen molar-refractivity contribution in [3.63, 3.8) is 0 Å². The monoisotopic (exact) mass is 391 g/mol. The molecule has 0 aliphatic heterocycles. The SMILES string of the molecule is COc1ccc(N(Cc2cccs2)C(=O)CCn2cnc3ccccc32)cc1. The van der Waals surface area contributed by atoms with E-state index in [-0.39, 0.29) is 5.91 Å². The summed E-state index contributed by atoms with van der Waals surface area (Å²) in [6.45, 7) is 1.16. The predicted octanol–water partition coefficient (Wildman–Crippen LogP) is 4.73. The van der Waals surface area contributed by atoms with Crippen molar-refractivity contribution >= 4 is 34.0 Å². The fourth-order valence-corrected chi connectivity index (χ4v) is 3.88. The third kappa shape index (κ3) is 3.92. The lowest BCUT2D eigenvalue weighted by Gasteiger charge is -2.23. The maximum absolute atomic E-state index is 13.1. The normalized spacial score (nSPS) is 10.9. The van der Waals surface area contributed by atoms with Crippen LogP contribution in [-0.2, 0) is 17.9 Å². The number of hydrogen-bond donors (Lipinski definition) is 0. The number of ether oxygens (including phenoxy) is 1. The van der Waals surface area contributed by atoms with Crippen molar-refractivity contribution in [1.82, 2.24) is 9.55 Å². The Morgan fingerprint density at radius 3 is 2.68 bits per heavy atom. The molecule has 0 spiro atoms. The first kappa shape index (κ1) is 18.3. The summed E-state index contributed by atoms with van der Waals surface area (Å²) in [7, 11) is 1.64. The number of methoxy groups -OCH3 is 1. The van der Waals surface area contributed by atoms with Crippen LogP contribution in [0.4, 0.5) is 5.69 Å². The number of nitrogens with zero attached hydrogens (tertiary/aromatic N) is 3. The van der Waals surface area contributed by atoms with Crippen LogP contribution in [0.2, 0.25) is 0 Å². The molecule has 142 valence electrons.